The van der Waals surface area contributed by atoms with Crippen molar-refractivity contribution in [3.8, 4) is 0 Å². The Morgan fingerprint density at radius 3 is 2.79 bits per heavy atom. The molecule has 0 bridgehead atoms. The number of hydrogen-bond donors (Lipinski definition) is 0. The minimum absolute atomic E-state index is 1.07. The van der Waals surface area contributed by atoms with Crippen LogP contribution in [0.15, 0.2) is 41.4 Å². The first-order valence-corrected chi connectivity index (χ1v) is 6.04. The van der Waals surface area contributed by atoms with Crippen molar-refractivity contribution in [2.45, 2.75) is 19.8 Å². The molecular weight excluding hydrogens is 190 g/mol. The van der Waals surface area contributed by atoms with Gasteiger partial charge in [0, 0.05) is 16.8 Å². The summed E-state index contributed by atoms with van der Waals surface area (Å²) >= 11 is 1.96. The summed E-state index contributed by atoms with van der Waals surface area (Å²) < 4.78 is 0. The number of hydrogen-bond acceptors (Lipinski definition) is 2. The summed E-state index contributed by atoms with van der Waals surface area (Å²) in [5.74, 6) is 1.07. The van der Waals surface area contributed by atoms with Crippen LogP contribution in [0.2, 0.25) is 0 Å². The first-order chi connectivity index (χ1) is 6.90. The molecule has 0 aliphatic carbocycles. The van der Waals surface area contributed by atoms with E-state index in [-0.39, 0.29) is 0 Å². The van der Waals surface area contributed by atoms with Crippen LogP contribution < -0.4 is 4.90 Å². The lowest BCUT2D eigenvalue weighted by molar-refractivity contribution is 0.945. The molecule has 0 amide bonds. The van der Waals surface area contributed by atoms with Gasteiger partial charge in [0.15, 0.2) is 0 Å². The van der Waals surface area contributed by atoms with Crippen molar-refractivity contribution < 1.29 is 0 Å². The molecular formula is C12H15NS. The summed E-state index contributed by atoms with van der Waals surface area (Å²) in [5.41, 5.74) is 1.30. The predicted molar refractivity (Wildman–Crippen MR) is 64.4 cm³/mol. The third kappa shape index (κ3) is 2.13. The van der Waals surface area contributed by atoms with Gasteiger partial charge in [0.1, 0.15) is 0 Å². The molecule has 74 valence electrons. The lowest BCUT2D eigenvalue weighted by atomic mass is 10.3. The Bertz CT molecular complexity index is 318. The molecule has 1 aromatic rings. The van der Waals surface area contributed by atoms with E-state index in [4.69, 9.17) is 0 Å². The Morgan fingerprint density at radius 1 is 1.29 bits per heavy atom. The fourth-order valence-electron chi connectivity index (χ4n) is 1.55. The second kappa shape index (κ2) is 4.56. The molecule has 1 aromatic carbocycles. The highest BCUT2D eigenvalue weighted by Gasteiger charge is 2.12. The van der Waals surface area contributed by atoms with Gasteiger partial charge in [0.05, 0.1) is 5.88 Å². The lowest BCUT2D eigenvalue weighted by Crippen LogP contribution is -2.09. The maximum Gasteiger partial charge on any atom is 0.0726 e. The topological polar surface area (TPSA) is 3.24 Å². The van der Waals surface area contributed by atoms with E-state index in [0.717, 1.165) is 5.88 Å². The Balaban J connectivity index is 2.08. The zero-order chi connectivity index (χ0) is 9.80. The fraction of sp³-hybridized carbons (Fsp3) is 0.333. The summed E-state index contributed by atoms with van der Waals surface area (Å²) in [6.45, 7) is 2.23. The molecule has 0 unspecified atom stereocenters. The molecule has 0 N–H and O–H groups in total. The molecule has 1 heterocycles. The summed E-state index contributed by atoms with van der Waals surface area (Å²) in [6, 6.07) is 10.6. The van der Waals surface area contributed by atoms with Crippen LogP contribution in [0.4, 0.5) is 5.69 Å². The molecule has 2 heteroatoms. The maximum atomic E-state index is 2.32. The number of benzene rings is 1. The van der Waals surface area contributed by atoms with E-state index < -0.39 is 0 Å². The highest BCUT2D eigenvalue weighted by atomic mass is 32.2. The Labute approximate surface area is 89.8 Å². The molecule has 1 aliphatic heterocycles. The summed E-state index contributed by atoms with van der Waals surface area (Å²) in [4.78, 5) is 3.83. The number of anilines is 1. The monoisotopic (exact) mass is 205 g/mol. The number of para-hydroxylation sites is 1. The van der Waals surface area contributed by atoms with Crippen molar-refractivity contribution in [3.05, 3.63) is 41.4 Å². The number of thioether (sulfide) groups is 1. The highest BCUT2D eigenvalue weighted by Crippen LogP contribution is 2.32. The van der Waals surface area contributed by atoms with Gasteiger partial charge in [-0.15, -0.1) is 11.8 Å². The van der Waals surface area contributed by atoms with Crippen LogP contribution >= 0.6 is 11.8 Å². The van der Waals surface area contributed by atoms with Crippen LogP contribution in [-0.2, 0) is 0 Å². The van der Waals surface area contributed by atoms with Crippen molar-refractivity contribution in [1.82, 2.24) is 0 Å². The number of nitrogens with zero attached hydrogens (tertiary/aromatic N) is 1. The van der Waals surface area contributed by atoms with Gasteiger partial charge in [0.2, 0.25) is 0 Å². The fourth-order valence-corrected chi connectivity index (χ4v) is 2.63. The molecule has 14 heavy (non-hydrogen) atoms. The normalized spacial score (nSPS) is 15.8. The molecule has 0 atom stereocenters. The first kappa shape index (κ1) is 9.66. The molecule has 0 spiro atoms. The second-order valence-electron chi connectivity index (χ2n) is 3.42. The highest BCUT2D eigenvalue weighted by molar-refractivity contribution is 8.03. The number of rotatable bonds is 3. The molecule has 1 aliphatic rings. The van der Waals surface area contributed by atoms with Gasteiger partial charge in [-0.1, -0.05) is 31.5 Å². The minimum atomic E-state index is 1.07. The molecule has 0 fully saturated rings. The SMILES string of the molecule is CCCC1=CN(c2ccccc2)CS1. The zero-order valence-corrected chi connectivity index (χ0v) is 9.26. The standard InChI is InChI=1S/C12H15NS/c1-2-6-12-9-13(10-14-12)11-7-4-3-5-8-11/h3-5,7-9H,2,6,10H2,1H3. The van der Waals surface area contributed by atoms with Crippen LogP contribution in [0, 0.1) is 0 Å². The van der Waals surface area contributed by atoms with Gasteiger partial charge in [0.25, 0.3) is 0 Å². The van der Waals surface area contributed by atoms with Crippen LogP contribution in [0.25, 0.3) is 0 Å². The van der Waals surface area contributed by atoms with Gasteiger partial charge in [-0.3, -0.25) is 0 Å². The van der Waals surface area contributed by atoms with Crippen LogP contribution in [0.3, 0.4) is 0 Å². The van der Waals surface area contributed by atoms with E-state index in [9.17, 15) is 0 Å². The van der Waals surface area contributed by atoms with Crippen molar-refractivity contribution in [3.63, 3.8) is 0 Å². The van der Waals surface area contributed by atoms with E-state index in [0.29, 0.717) is 0 Å². The third-order valence-corrected chi connectivity index (χ3v) is 3.36. The lowest BCUT2D eigenvalue weighted by Gasteiger charge is -2.13. The average Bonchev–Trinajstić information content (AvgIpc) is 2.68. The van der Waals surface area contributed by atoms with E-state index in [1.165, 1.54) is 23.4 Å². The smallest absolute Gasteiger partial charge is 0.0726 e. The minimum Gasteiger partial charge on any atom is -0.337 e. The maximum absolute atomic E-state index is 2.32. The molecule has 1 nitrogen and oxygen atoms in total. The quantitative estimate of drug-likeness (QED) is 0.737. The van der Waals surface area contributed by atoms with E-state index in [1.807, 2.05) is 11.8 Å². The van der Waals surface area contributed by atoms with E-state index in [2.05, 4.69) is 48.4 Å². The van der Waals surface area contributed by atoms with Gasteiger partial charge in [-0.25, -0.2) is 0 Å². The Hall–Kier alpha value is -0.890. The molecule has 0 saturated carbocycles. The van der Waals surface area contributed by atoms with Crippen LogP contribution in [0.1, 0.15) is 19.8 Å². The van der Waals surface area contributed by atoms with Crippen molar-refractivity contribution in [2.24, 2.45) is 0 Å². The molecule has 2 rings (SSSR count). The largest absolute Gasteiger partial charge is 0.337 e. The van der Waals surface area contributed by atoms with Crippen LogP contribution in [0.5, 0.6) is 0 Å². The number of allylic oxidation sites excluding steroid dienone is 1. The van der Waals surface area contributed by atoms with Crippen molar-refractivity contribution >= 4 is 17.4 Å². The average molecular weight is 205 g/mol. The van der Waals surface area contributed by atoms with Crippen molar-refractivity contribution in [2.75, 3.05) is 10.8 Å². The van der Waals surface area contributed by atoms with E-state index in [1.54, 1.807) is 0 Å². The van der Waals surface area contributed by atoms with Crippen molar-refractivity contribution in [1.29, 1.82) is 0 Å². The summed E-state index contributed by atoms with van der Waals surface area (Å²) in [7, 11) is 0. The Morgan fingerprint density at radius 2 is 2.07 bits per heavy atom. The molecule has 0 aromatic heterocycles. The summed E-state index contributed by atoms with van der Waals surface area (Å²) in [6.07, 6.45) is 4.74. The molecule has 0 saturated heterocycles. The second-order valence-corrected chi connectivity index (χ2v) is 4.50. The molecule has 0 radical (unpaired) electrons. The Kier molecular flexibility index (Phi) is 3.14. The van der Waals surface area contributed by atoms with Gasteiger partial charge >= 0.3 is 0 Å². The van der Waals surface area contributed by atoms with Gasteiger partial charge in [-0.2, -0.15) is 0 Å². The first-order valence-electron chi connectivity index (χ1n) is 5.05. The van der Waals surface area contributed by atoms with Gasteiger partial charge in [-0.05, 0) is 18.6 Å². The summed E-state index contributed by atoms with van der Waals surface area (Å²) in [5, 5.41) is 0. The predicted octanol–water partition coefficient (Wildman–Crippen LogP) is 3.84. The zero-order valence-electron chi connectivity index (χ0n) is 8.44. The van der Waals surface area contributed by atoms with Crippen LogP contribution in [-0.4, -0.2) is 5.88 Å². The van der Waals surface area contributed by atoms with E-state index >= 15 is 0 Å². The third-order valence-electron chi connectivity index (χ3n) is 2.27. The van der Waals surface area contributed by atoms with Gasteiger partial charge < -0.3 is 4.90 Å².